The number of rotatable bonds is 5. The highest BCUT2D eigenvalue weighted by Gasteiger charge is 2.35. The molecular formula is C15H27N3O. The lowest BCUT2D eigenvalue weighted by atomic mass is 9.88. The lowest BCUT2D eigenvalue weighted by Gasteiger charge is -2.39. The third kappa shape index (κ3) is 4.17. The van der Waals surface area contributed by atoms with E-state index in [9.17, 15) is 5.26 Å². The number of nitrogens with zero attached hydrogens (tertiary/aromatic N) is 2. The van der Waals surface area contributed by atoms with Gasteiger partial charge in [0.1, 0.15) is 5.54 Å². The zero-order valence-corrected chi connectivity index (χ0v) is 12.3. The predicted molar refractivity (Wildman–Crippen MR) is 75.8 cm³/mol. The van der Waals surface area contributed by atoms with Gasteiger partial charge in [-0.2, -0.15) is 5.26 Å². The first-order valence-electron chi connectivity index (χ1n) is 7.64. The van der Waals surface area contributed by atoms with Gasteiger partial charge < -0.3 is 9.64 Å². The van der Waals surface area contributed by atoms with Gasteiger partial charge in [0.25, 0.3) is 0 Å². The molecule has 0 saturated carbocycles. The van der Waals surface area contributed by atoms with Gasteiger partial charge in [-0.1, -0.05) is 13.8 Å². The molecule has 1 atom stereocenters. The number of nitriles is 1. The summed E-state index contributed by atoms with van der Waals surface area (Å²) in [5, 5.41) is 13.0. The standard InChI is InChI=1S/C15H27N3O/c1-13(2)11-18-7-5-15(12-16,6-8-18)17-10-14-4-3-9-19-14/h13-14,17H,3-11H2,1-2H3. The van der Waals surface area contributed by atoms with Crippen molar-refractivity contribution in [2.45, 2.75) is 51.2 Å². The maximum Gasteiger partial charge on any atom is 0.109 e. The lowest BCUT2D eigenvalue weighted by Crippen LogP contribution is -2.54. The summed E-state index contributed by atoms with van der Waals surface area (Å²) in [6.07, 6.45) is 4.48. The summed E-state index contributed by atoms with van der Waals surface area (Å²) < 4.78 is 5.62. The molecular weight excluding hydrogens is 238 g/mol. The molecule has 0 aromatic heterocycles. The smallest absolute Gasteiger partial charge is 0.109 e. The molecule has 1 unspecified atom stereocenters. The Labute approximate surface area is 117 Å². The Kier molecular flexibility index (Phi) is 5.20. The van der Waals surface area contributed by atoms with E-state index in [1.807, 2.05) is 0 Å². The van der Waals surface area contributed by atoms with Crippen LogP contribution in [0.3, 0.4) is 0 Å². The molecule has 2 aliphatic heterocycles. The topological polar surface area (TPSA) is 48.3 Å². The van der Waals surface area contributed by atoms with Gasteiger partial charge in [-0.15, -0.1) is 0 Å². The molecule has 2 heterocycles. The summed E-state index contributed by atoms with van der Waals surface area (Å²) in [4.78, 5) is 2.48. The first-order valence-corrected chi connectivity index (χ1v) is 7.64. The van der Waals surface area contributed by atoms with Crippen LogP contribution in [0.4, 0.5) is 0 Å². The van der Waals surface area contributed by atoms with Gasteiger partial charge in [0.2, 0.25) is 0 Å². The first kappa shape index (κ1) is 14.8. The van der Waals surface area contributed by atoms with Crippen LogP contribution in [0, 0.1) is 17.2 Å². The number of nitrogens with one attached hydrogen (secondary N) is 1. The Hall–Kier alpha value is -0.630. The van der Waals surface area contributed by atoms with Gasteiger partial charge in [-0.3, -0.25) is 5.32 Å². The van der Waals surface area contributed by atoms with E-state index in [1.54, 1.807) is 0 Å². The van der Waals surface area contributed by atoms with Crippen molar-refractivity contribution < 1.29 is 4.74 Å². The highest BCUT2D eigenvalue weighted by atomic mass is 16.5. The SMILES string of the molecule is CC(C)CN1CCC(C#N)(NCC2CCCO2)CC1. The minimum atomic E-state index is -0.320. The monoisotopic (exact) mass is 265 g/mol. The fourth-order valence-corrected chi connectivity index (χ4v) is 3.08. The number of hydrogen-bond acceptors (Lipinski definition) is 4. The third-order valence-corrected chi connectivity index (χ3v) is 4.24. The van der Waals surface area contributed by atoms with Gasteiger partial charge in [-0.25, -0.2) is 0 Å². The normalized spacial score (nSPS) is 27.6. The average molecular weight is 265 g/mol. The van der Waals surface area contributed by atoms with Crippen molar-refractivity contribution in [1.29, 1.82) is 5.26 Å². The number of likely N-dealkylation sites (tertiary alicyclic amines) is 1. The second kappa shape index (κ2) is 6.69. The highest BCUT2D eigenvalue weighted by molar-refractivity contribution is 5.10. The molecule has 19 heavy (non-hydrogen) atoms. The Bertz CT molecular complexity index is 310. The molecule has 4 heteroatoms. The summed E-state index contributed by atoms with van der Waals surface area (Å²) in [6, 6.07) is 2.52. The molecule has 0 radical (unpaired) electrons. The van der Waals surface area contributed by atoms with Gasteiger partial charge >= 0.3 is 0 Å². The molecule has 0 aliphatic carbocycles. The maximum absolute atomic E-state index is 9.51. The predicted octanol–water partition coefficient (Wildman–Crippen LogP) is 1.77. The van der Waals surface area contributed by atoms with Crippen LogP contribution in [-0.4, -0.2) is 49.3 Å². The van der Waals surface area contributed by atoms with Gasteiger partial charge in [-0.05, 0) is 31.6 Å². The van der Waals surface area contributed by atoms with Gasteiger partial charge in [0.05, 0.1) is 12.2 Å². The largest absolute Gasteiger partial charge is 0.377 e. The van der Waals surface area contributed by atoms with Crippen molar-refractivity contribution >= 4 is 0 Å². The van der Waals surface area contributed by atoms with Crippen LogP contribution in [0.25, 0.3) is 0 Å². The second-order valence-electron chi connectivity index (χ2n) is 6.40. The van der Waals surface area contributed by atoms with Crippen LogP contribution in [0.2, 0.25) is 0 Å². The van der Waals surface area contributed by atoms with Crippen molar-refractivity contribution in [1.82, 2.24) is 10.2 Å². The van der Waals surface area contributed by atoms with E-state index < -0.39 is 0 Å². The minimum Gasteiger partial charge on any atom is -0.377 e. The molecule has 0 aromatic carbocycles. The van der Waals surface area contributed by atoms with Crippen molar-refractivity contribution in [3.8, 4) is 6.07 Å². The molecule has 2 rings (SSSR count). The summed E-state index contributed by atoms with van der Waals surface area (Å²) in [5.74, 6) is 0.703. The van der Waals surface area contributed by atoms with E-state index in [4.69, 9.17) is 4.74 Å². The Morgan fingerprint density at radius 1 is 1.42 bits per heavy atom. The third-order valence-electron chi connectivity index (χ3n) is 4.24. The fraction of sp³-hybridized carbons (Fsp3) is 0.933. The van der Waals surface area contributed by atoms with Gasteiger partial charge in [0, 0.05) is 32.8 Å². The molecule has 2 fully saturated rings. The van der Waals surface area contributed by atoms with Crippen molar-refractivity contribution in [3.63, 3.8) is 0 Å². The Morgan fingerprint density at radius 2 is 2.16 bits per heavy atom. The number of ether oxygens (including phenoxy) is 1. The van der Waals surface area contributed by atoms with Crippen LogP contribution in [0.5, 0.6) is 0 Å². The van der Waals surface area contributed by atoms with E-state index in [1.165, 1.54) is 0 Å². The zero-order chi connectivity index (χ0) is 13.7. The first-order chi connectivity index (χ1) is 9.13. The summed E-state index contributed by atoms with van der Waals surface area (Å²) in [6.45, 7) is 9.43. The molecule has 108 valence electrons. The van der Waals surface area contributed by atoms with Crippen molar-refractivity contribution in [2.75, 3.05) is 32.8 Å². The van der Waals surface area contributed by atoms with Crippen LogP contribution in [0.1, 0.15) is 39.5 Å². The maximum atomic E-state index is 9.51. The van der Waals surface area contributed by atoms with E-state index in [0.29, 0.717) is 12.0 Å². The van der Waals surface area contributed by atoms with E-state index in [0.717, 1.165) is 58.5 Å². The summed E-state index contributed by atoms with van der Waals surface area (Å²) in [5.41, 5.74) is -0.320. The molecule has 2 aliphatic rings. The number of piperidine rings is 1. The van der Waals surface area contributed by atoms with Gasteiger partial charge in [0.15, 0.2) is 0 Å². The van der Waals surface area contributed by atoms with Crippen LogP contribution in [0.15, 0.2) is 0 Å². The molecule has 4 nitrogen and oxygen atoms in total. The highest BCUT2D eigenvalue weighted by Crippen LogP contribution is 2.23. The molecule has 0 aromatic rings. The second-order valence-corrected chi connectivity index (χ2v) is 6.40. The Morgan fingerprint density at radius 3 is 2.68 bits per heavy atom. The van der Waals surface area contributed by atoms with Crippen LogP contribution in [-0.2, 0) is 4.74 Å². The van der Waals surface area contributed by atoms with Crippen molar-refractivity contribution in [3.05, 3.63) is 0 Å². The molecule has 1 N–H and O–H groups in total. The minimum absolute atomic E-state index is 0.318. The quantitative estimate of drug-likeness (QED) is 0.823. The summed E-state index contributed by atoms with van der Waals surface area (Å²) >= 11 is 0. The van der Waals surface area contributed by atoms with Crippen molar-refractivity contribution in [2.24, 2.45) is 5.92 Å². The molecule has 0 bridgehead atoms. The average Bonchev–Trinajstić information content (AvgIpc) is 2.91. The molecule has 2 saturated heterocycles. The van der Waals surface area contributed by atoms with Crippen LogP contribution >= 0.6 is 0 Å². The molecule has 0 amide bonds. The Balaban J connectivity index is 1.78. The number of hydrogen-bond donors (Lipinski definition) is 1. The van der Waals surface area contributed by atoms with E-state index in [2.05, 4.69) is 30.1 Å². The fourth-order valence-electron chi connectivity index (χ4n) is 3.08. The molecule has 0 spiro atoms. The zero-order valence-electron chi connectivity index (χ0n) is 12.3. The van der Waals surface area contributed by atoms with E-state index >= 15 is 0 Å². The van der Waals surface area contributed by atoms with E-state index in [-0.39, 0.29) is 5.54 Å². The summed E-state index contributed by atoms with van der Waals surface area (Å²) in [7, 11) is 0. The lowest BCUT2D eigenvalue weighted by molar-refractivity contribution is 0.0928. The van der Waals surface area contributed by atoms with Crippen LogP contribution < -0.4 is 5.32 Å².